The third-order valence-electron chi connectivity index (χ3n) is 5.56. The lowest BCUT2D eigenvalue weighted by Crippen LogP contribution is -2.39. The predicted molar refractivity (Wildman–Crippen MR) is 137 cm³/mol. The zero-order valence-corrected chi connectivity index (χ0v) is 20.4. The number of esters is 1. The molecule has 0 amide bonds. The van der Waals surface area contributed by atoms with E-state index in [1.807, 2.05) is 85.1 Å². The number of fused-ring (bicyclic) bond motifs is 1. The Morgan fingerprint density at radius 3 is 2.53 bits per heavy atom. The summed E-state index contributed by atoms with van der Waals surface area (Å²) >= 11 is 2.84. The molecule has 1 aliphatic heterocycles. The minimum Gasteiger partial charge on any atom is -0.463 e. The molecule has 1 atom stereocenters. The largest absolute Gasteiger partial charge is 0.463 e. The molecule has 170 valence electrons. The number of carbonyl (C=O) groups is 1. The minimum absolute atomic E-state index is 0.170. The van der Waals surface area contributed by atoms with Gasteiger partial charge in [-0.3, -0.25) is 9.36 Å². The van der Waals surface area contributed by atoms with Crippen molar-refractivity contribution >= 4 is 40.4 Å². The van der Waals surface area contributed by atoms with Crippen LogP contribution in [0.25, 0.3) is 11.8 Å². The van der Waals surface area contributed by atoms with Gasteiger partial charge in [-0.15, -0.1) is 11.3 Å². The summed E-state index contributed by atoms with van der Waals surface area (Å²) in [6.07, 6.45) is 1.88. The lowest BCUT2D eigenvalue weighted by atomic mass is 9.97. The van der Waals surface area contributed by atoms with Gasteiger partial charge in [0.05, 0.1) is 22.4 Å². The second-order valence-corrected chi connectivity index (χ2v) is 9.85. The number of hydrogen-bond donors (Lipinski definition) is 0. The van der Waals surface area contributed by atoms with E-state index >= 15 is 0 Å². The summed E-state index contributed by atoms with van der Waals surface area (Å²) in [5.41, 5.74) is 3.66. The number of rotatable bonds is 5. The van der Waals surface area contributed by atoms with Crippen LogP contribution in [0, 0.1) is 6.92 Å². The zero-order valence-electron chi connectivity index (χ0n) is 18.7. The highest BCUT2D eigenvalue weighted by Crippen LogP contribution is 2.36. The van der Waals surface area contributed by atoms with Gasteiger partial charge in [0.2, 0.25) is 0 Å². The zero-order chi connectivity index (χ0) is 23.7. The van der Waals surface area contributed by atoms with Crippen LogP contribution >= 0.6 is 22.7 Å². The first-order valence-electron chi connectivity index (χ1n) is 11.0. The Kier molecular flexibility index (Phi) is 6.13. The summed E-state index contributed by atoms with van der Waals surface area (Å²) in [6.45, 7) is 4.04. The quantitative estimate of drug-likeness (QED) is 0.395. The molecule has 0 radical (unpaired) electrons. The van der Waals surface area contributed by atoms with Gasteiger partial charge in [-0.1, -0.05) is 77.6 Å². The number of thiophene rings is 1. The van der Waals surface area contributed by atoms with Crippen molar-refractivity contribution in [1.29, 1.82) is 0 Å². The predicted octanol–water partition coefficient (Wildman–Crippen LogP) is 4.31. The van der Waals surface area contributed by atoms with Crippen molar-refractivity contribution in [3.05, 3.63) is 119 Å². The molecule has 3 heterocycles. The van der Waals surface area contributed by atoms with Gasteiger partial charge < -0.3 is 4.74 Å². The van der Waals surface area contributed by atoms with Crippen LogP contribution in [0.4, 0.5) is 0 Å². The summed E-state index contributed by atoms with van der Waals surface area (Å²) in [5.74, 6) is -0.462. The maximum absolute atomic E-state index is 13.7. The van der Waals surface area contributed by atoms with Gasteiger partial charge in [-0.25, -0.2) is 9.79 Å². The molecule has 0 spiro atoms. The molecule has 1 unspecified atom stereocenters. The van der Waals surface area contributed by atoms with Crippen molar-refractivity contribution in [3.63, 3.8) is 0 Å². The second-order valence-electron chi connectivity index (χ2n) is 7.86. The van der Waals surface area contributed by atoms with Gasteiger partial charge >= 0.3 is 5.97 Å². The summed E-state index contributed by atoms with van der Waals surface area (Å²) in [5, 5.41) is 1.95. The van der Waals surface area contributed by atoms with E-state index in [4.69, 9.17) is 9.73 Å². The summed E-state index contributed by atoms with van der Waals surface area (Å²) in [6, 6.07) is 20.9. The fourth-order valence-corrected chi connectivity index (χ4v) is 5.79. The molecule has 0 fully saturated rings. The Hall–Kier alpha value is -3.55. The lowest BCUT2D eigenvalue weighted by Gasteiger charge is -2.24. The van der Waals surface area contributed by atoms with E-state index < -0.39 is 12.0 Å². The van der Waals surface area contributed by atoms with Crippen LogP contribution in [0.2, 0.25) is 0 Å². The van der Waals surface area contributed by atoms with Crippen LogP contribution in [0.15, 0.2) is 87.5 Å². The third-order valence-corrected chi connectivity index (χ3v) is 7.47. The SMILES string of the molecule is CCOC(=O)C1=C(c2ccccc2)N=c2sc(=Cc3ccc(C)cc3)c(=O)n2C1c1cccs1. The fourth-order valence-electron chi connectivity index (χ4n) is 3.97. The molecule has 1 aliphatic rings. The average molecular weight is 487 g/mol. The van der Waals surface area contributed by atoms with Crippen LogP contribution in [0.1, 0.15) is 34.5 Å². The smallest absolute Gasteiger partial charge is 0.338 e. The first-order chi connectivity index (χ1) is 16.6. The lowest BCUT2D eigenvalue weighted by molar-refractivity contribution is -0.138. The highest BCUT2D eigenvalue weighted by atomic mass is 32.1. The Morgan fingerprint density at radius 1 is 1.09 bits per heavy atom. The normalized spacial score (nSPS) is 15.7. The van der Waals surface area contributed by atoms with Crippen molar-refractivity contribution in [2.45, 2.75) is 19.9 Å². The summed E-state index contributed by atoms with van der Waals surface area (Å²) in [7, 11) is 0. The molecule has 2 aromatic carbocycles. The number of benzene rings is 2. The van der Waals surface area contributed by atoms with E-state index in [-0.39, 0.29) is 12.2 Å². The van der Waals surface area contributed by atoms with Crippen LogP contribution in [-0.2, 0) is 9.53 Å². The van der Waals surface area contributed by atoms with Gasteiger partial charge in [0.15, 0.2) is 4.80 Å². The molecule has 0 saturated carbocycles. The first kappa shape index (κ1) is 22.3. The van der Waals surface area contributed by atoms with Crippen molar-refractivity contribution in [3.8, 4) is 0 Å². The fraction of sp³-hybridized carbons (Fsp3) is 0.148. The van der Waals surface area contributed by atoms with Crippen molar-refractivity contribution in [2.24, 2.45) is 4.99 Å². The molecule has 34 heavy (non-hydrogen) atoms. The Bertz CT molecular complexity index is 1540. The van der Waals surface area contributed by atoms with E-state index in [9.17, 15) is 9.59 Å². The third kappa shape index (κ3) is 4.08. The molecule has 0 saturated heterocycles. The molecular weight excluding hydrogens is 464 g/mol. The highest BCUT2D eigenvalue weighted by molar-refractivity contribution is 7.10. The van der Waals surface area contributed by atoms with Gasteiger partial charge in [0.1, 0.15) is 6.04 Å². The number of hydrogen-bond acceptors (Lipinski definition) is 6. The number of nitrogens with zero attached hydrogens (tertiary/aromatic N) is 2. The molecule has 0 bridgehead atoms. The topological polar surface area (TPSA) is 60.7 Å². The molecule has 5 rings (SSSR count). The molecule has 0 N–H and O–H groups in total. The monoisotopic (exact) mass is 486 g/mol. The van der Waals surface area contributed by atoms with Crippen LogP contribution < -0.4 is 14.9 Å². The second kappa shape index (κ2) is 9.37. The Morgan fingerprint density at radius 2 is 1.85 bits per heavy atom. The number of thiazole rings is 1. The van der Waals surface area contributed by atoms with E-state index in [0.29, 0.717) is 20.6 Å². The minimum atomic E-state index is -0.606. The van der Waals surface area contributed by atoms with Crippen molar-refractivity contribution in [2.75, 3.05) is 6.61 Å². The van der Waals surface area contributed by atoms with Crippen LogP contribution in [0.3, 0.4) is 0 Å². The van der Waals surface area contributed by atoms with E-state index in [1.165, 1.54) is 22.7 Å². The van der Waals surface area contributed by atoms with Gasteiger partial charge in [-0.05, 0) is 36.9 Å². The molecule has 5 nitrogen and oxygen atoms in total. The van der Waals surface area contributed by atoms with Crippen LogP contribution in [0.5, 0.6) is 0 Å². The first-order valence-corrected chi connectivity index (χ1v) is 12.6. The van der Waals surface area contributed by atoms with Crippen molar-refractivity contribution in [1.82, 2.24) is 4.57 Å². The molecule has 4 aromatic rings. The Labute approximate surface area is 204 Å². The maximum atomic E-state index is 13.7. The van der Waals surface area contributed by atoms with Gasteiger partial charge in [-0.2, -0.15) is 0 Å². The molecule has 2 aromatic heterocycles. The standard InChI is InChI=1S/C27H22N2O3S2/c1-3-32-26(31)22-23(19-8-5-4-6-9-19)28-27-29(24(22)20-10-7-15-33-20)25(30)21(34-27)16-18-13-11-17(2)12-14-18/h4-16,24H,3H2,1-2H3. The highest BCUT2D eigenvalue weighted by Gasteiger charge is 2.35. The van der Waals surface area contributed by atoms with E-state index in [0.717, 1.165) is 21.6 Å². The Balaban J connectivity index is 1.81. The number of aromatic nitrogens is 1. The van der Waals surface area contributed by atoms with E-state index in [2.05, 4.69) is 0 Å². The van der Waals surface area contributed by atoms with E-state index in [1.54, 1.807) is 11.5 Å². The number of aryl methyl sites for hydroxylation is 1. The van der Waals surface area contributed by atoms with Crippen LogP contribution in [-0.4, -0.2) is 17.1 Å². The molecule has 7 heteroatoms. The van der Waals surface area contributed by atoms with Crippen molar-refractivity contribution < 1.29 is 9.53 Å². The maximum Gasteiger partial charge on any atom is 0.338 e. The summed E-state index contributed by atoms with van der Waals surface area (Å²) in [4.78, 5) is 33.2. The van der Waals surface area contributed by atoms with Gasteiger partial charge in [0, 0.05) is 10.4 Å². The summed E-state index contributed by atoms with van der Waals surface area (Å²) < 4.78 is 7.66. The average Bonchev–Trinajstić information content (AvgIpc) is 3.49. The number of carbonyl (C=O) groups excluding carboxylic acids is 1. The molecular formula is C27H22N2O3S2. The molecule has 0 aliphatic carbocycles. The number of ether oxygens (including phenoxy) is 1. The van der Waals surface area contributed by atoms with Gasteiger partial charge in [0.25, 0.3) is 5.56 Å².